The molecule has 0 aliphatic rings. The van der Waals surface area contributed by atoms with Crippen molar-refractivity contribution in [3.63, 3.8) is 0 Å². The van der Waals surface area contributed by atoms with Gasteiger partial charge in [-0.3, -0.25) is 4.79 Å². The van der Waals surface area contributed by atoms with Gasteiger partial charge in [0.25, 0.3) is 5.91 Å². The molecule has 3 aromatic rings. The van der Waals surface area contributed by atoms with E-state index in [-0.39, 0.29) is 16.3 Å². The fourth-order valence-corrected chi connectivity index (χ4v) is 3.06. The number of aromatic carboxylic acids is 1. The van der Waals surface area contributed by atoms with E-state index in [2.05, 4.69) is 5.32 Å². The Morgan fingerprint density at radius 3 is 2.41 bits per heavy atom. The Kier molecular flexibility index (Phi) is 5.18. The van der Waals surface area contributed by atoms with Crippen LogP contribution in [0, 0.1) is 0 Å². The van der Waals surface area contributed by atoms with Crippen molar-refractivity contribution in [3.8, 4) is 11.3 Å². The third-order valence-electron chi connectivity index (χ3n) is 3.55. The molecule has 2 heterocycles. The zero-order valence-corrected chi connectivity index (χ0v) is 14.5. The van der Waals surface area contributed by atoms with Crippen molar-refractivity contribution < 1.29 is 29.0 Å². The van der Waals surface area contributed by atoms with Crippen LogP contribution in [0.2, 0.25) is 0 Å². The minimum atomic E-state index is -1.33. The van der Waals surface area contributed by atoms with Gasteiger partial charge in [-0.1, -0.05) is 18.2 Å². The first-order chi connectivity index (χ1) is 13.0. The Morgan fingerprint density at radius 2 is 1.74 bits per heavy atom. The summed E-state index contributed by atoms with van der Waals surface area (Å²) in [6.45, 7) is 0. The average molecular weight is 383 g/mol. The number of rotatable bonds is 6. The maximum atomic E-state index is 12.2. The highest BCUT2D eigenvalue weighted by Gasteiger charge is 2.17. The summed E-state index contributed by atoms with van der Waals surface area (Å²) in [5, 5.41) is 22.5. The van der Waals surface area contributed by atoms with E-state index < -0.39 is 17.8 Å². The molecule has 0 saturated heterocycles. The van der Waals surface area contributed by atoms with Crippen LogP contribution in [0.4, 0.5) is 0 Å². The highest BCUT2D eigenvalue weighted by Crippen LogP contribution is 2.30. The smallest absolute Gasteiger partial charge is 0.352 e. The molecular weight excluding hydrogens is 370 g/mol. The second-order valence-corrected chi connectivity index (χ2v) is 6.27. The number of nitrogens with one attached hydrogen (secondary N) is 1. The number of carboxylic acids is 2. The van der Waals surface area contributed by atoms with Crippen LogP contribution in [0.15, 0.2) is 64.0 Å². The van der Waals surface area contributed by atoms with Crippen molar-refractivity contribution in [1.29, 1.82) is 0 Å². The maximum Gasteiger partial charge on any atom is 0.352 e. The first-order valence-electron chi connectivity index (χ1n) is 7.68. The summed E-state index contributed by atoms with van der Waals surface area (Å²) < 4.78 is 5.54. The van der Waals surface area contributed by atoms with Gasteiger partial charge in [0.2, 0.25) is 0 Å². The number of amides is 1. The Labute approximate surface area is 157 Å². The largest absolute Gasteiger partial charge is 0.477 e. The molecule has 0 bridgehead atoms. The van der Waals surface area contributed by atoms with E-state index in [0.29, 0.717) is 16.9 Å². The van der Waals surface area contributed by atoms with Crippen molar-refractivity contribution >= 4 is 35.3 Å². The van der Waals surface area contributed by atoms with Crippen LogP contribution >= 0.6 is 11.3 Å². The van der Waals surface area contributed by atoms with Crippen molar-refractivity contribution in [2.75, 3.05) is 0 Å². The number of carbonyl (C=O) groups is 3. The minimum Gasteiger partial charge on any atom is -0.477 e. The third-order valence-corrected chi connectivity index (χ3v) is 4.46. The van der Waals surface area contributed by atoms with Crippen LogP contribution in [0.25, 0.3) is 17.4 Å². The summed E-state index contributed by atoms with van der Waals surface area (Å²) in [4.78, 5) is 34.9. The van der Waals surface area contributed by atoms with Crippen LogP contribution in [-0.4, -0.2) is 28.1 Å². The number of hydrogen-bond donors (Lipinski definition) is 3. The molecule has 0 unspecified atom stereocenters. The molecule has 0 spiro atoms. The van der Waals surface area contributed by atoms with E-state index in [1.807, 2.05) is 0 Å². The van der Waals surface area contributed by atoms with Crippen LogP contribution < -0.4 is 5.32 Å². The van der Waals surface area contributed by atoms with Gasteiger partial charge >= 0.3 is 11.9 Å². The summed E-state index contributed by atoms with van der Waals surface area (Å²) >= 11 is 1.06. The quantitative estimate of drug-likeness (QED) is 0.560. The number of carboxylic acid groups (broad SMARTS) is 2. The lowest BCUT2D eigenvalue weighted by Gasteiger charge is -2.05. The number of carbonyl (C=O) groups excluding carboxylic acids is 1. The Morgan fingerprint density at radius 1 is 1.00 bits per heavy atom. The van der Waals surface area contributed by atoms with E-state index in [9.17, 15) is 24.6 Å². The Balaban J connectivity index is 1.86. The molecule has 0 aliphatic heterocycles. The number of hydrogen-bond acceptors (Lipinski definition) is 5. The molecule has 1 aromatic carbocycles. The van der Waals surface area contributed by atoms with E-state index in [0.717, 1.165) is 11.3 Å². The maximum absolute atomic E-state index is 12.2. The molecule has 0 fully saturated rings. The third kappa shape index (κ3) is 4.13. The van der Waals surface area contributed by atoms with Crippen molar-refractivity contribution in [3.05, 3.63) is 75.8 Å². The lowest BCUT2D eigenvalue weighted by Crippen LogP contribution is -2.27. The summed E-state index contributed by atoms with van der Waals surface area (Å²) in [7, 11) is 0. The van der Waals surface area contributed by atoms with Crippen molar-refractivity contribution in [1.82, 2.24) is 5.32 Å². The molecule has 1 amide bonds. The topological polar surface area (TPSA) is 117 Å². The van der Waals surface area contributed by atoms with E-state index in [4.69, 9.17) is 4.42 Å². The van der Waals surface area contributed by atoms with Crippen molar-refractivity contribution in [2.45, 2.75) is 0 Å². The summed E-state index contributed by atoms with van der Waals surface area (Å²) in [6.07, 6.45) is 1.17. The lowest BCUT2D eigenvalue weighted by atomic mass is 10.2. The van der Waals surface area contributed by atoms with Crippen LogP contribution in [0.3, 0.4) is 0 Å². The van der Waals surface area contributed by atoms with E-state index in [1.54, 1.807) is 47.8 Å². The molecule has 0 radical (unpaired) electrons. The summed E-state index contributed by atoms with van der Waals surface area (Å²) in [5.41, 5.74) is 0.347. The average Bonchev–Trinajstić information content (AvgIpc) is 3.30. The molecule has 136 valence electrons. The molecule has 0 aliphatic carbocycles. The van der Waals surface area contributed by atoms with Gasteiger partial charge in [-0.05, 0) is 35.7 Å². The predicted molar refractivity (Wildman–Crippen MR) is 98.5 cm³/mol. The SMILES string of the molecule is O=C(O)C(=Cc1ccc(-c2ccsc2C(=O)O)o1)NC(=O)c1ccccc1. The Hall–Kier alpha value is -3.65. The predicted octanol–water partition coefficient (Wildman–Crippen LogP) is 3.56. The molecule has 3 rings (SSSR count). The standard InChI is InChI=1S/C19H13NO6S/c21-17(11-4-2-1-3-5-11)20-14(18(22)23)10-12-6-7-15(26-12)13-8-9-27-16(13)19(24)25/h1-10H,(H,20,21)(H,22,23)(H,24,25). The van der Waals surface area contributed by atoms with Gasteiger partial charge in [0.05, 0.1) is 0 Å². The molecule has 27 heavy (non-hydrogen) atoms. The summed E-state index contributed by atoms with van der Waals surface area (Å²) in [5.74, 6) is -2.52. The fourth-order valence-electron chi connectivity index (χ4n) is 2.32. The van der Waals surface area contributed by atoms with Gasteiger partial charge < -0.3 is 19.9 Å². The number of aliphatic carboxylic acids is 1. The van der Waals surface area contributed by atoms with Gasteiger partial charge in [-0.2, -0.15) is 0 Å². The van der Waals surface area contributed by atoms with Crippen molar-refractivity contribution in [2.24, 2.45) is 0 Å². The van der Waals surface area contributed by atoms with Gasteiger partial charge in [0.1, 0.15) is 22.1 Å². The first kappa shape index (κ1) is 18.2. The van der Waals surface area contributed by atoms with Crippen LogP contribution in [0.1, 0.15) is 25.8 Å². The minimum absolute atomic E-state index is 0.121. The molecular formula is C19H13NO6S. The van der Waals surface area contributed by atoms with Gasteiger partial charge in [-0.15, -0.1) is 11.3 Å². The van der Waals surface area contributed by atoms with Gasteiger partial charge in [0, 0.05) is 17.2 Å². The molecule has 3 N–H and O–H groups in total. The highest BCUT2D eigenvalue weighted by atomic mass is 32.1. The van der Waals surface area contributed by atoms with E-state index in [1.165, 1.54) is 12.1 Å². The number of benzene rings is 1. The second kappa shape index (κ2) is 7.71. The zero-order valence-electron chi connectivity index (χ0n) is 13.7. The van der Waals surface area contributed by atoms with Crippen LogP contribution in [0.5, 0.6) is 0 Å². The Bertz CT molecular complexity index is 1030. The molecule has 0 saturated carbocycles. The molecule has 0 atom stereocenters. The van der Waals surface area contributed by atoms with Gasteiger partial charge in [-0.25, -0.2) is 9.59 Å². The second-order valence-electron chi connectivity index (χ2n) is 5.35. The summed E-state index contributed by atoms with van der Waals surface area (Å²) in [6, 6.07) is 12.8. The number of thiophene rings is 1. The zero-order chi connectivity index (χ0) is 19.4. The first-order valence-corrected chi connectivity index (χ1v) is 8.56. The van der Waals surface area contributed by atoms with Crippen LogP contribution in [-0.2, 0) is 4.79 Å². The molecule has 8 heteroatoms. The van der Waals surface area contributed by atoms with E-state index >= 15 is 0 Å². The molecule has 7 nitrogen and oxygen atoms in total. The lowest BCUT2D eigenvalue weighted by molar-refractivity contribution is -0.132. The monoisotopic (exact) mass is 383 g/mol. The normalized spacial score (nSPS) is 11.2. The van der Waals surface area contributed by atoms with Gasteiger partial charge in [0.15, 0.2) is 0 Å². The highest BCUT2D eigenvalue weighted by molar-refractivity contribution is 7.12. The number of furan rings is 1. The molecule has 2 aromatic heterocycles. The fraction of sp³-hybridized carbons (Fsp3) is 0.